The monoisotopic (exact) mass is 565 g/mol. The SMILES string of the molecule is COc1cc2c(c(OC)c1)[C@@H](NC(=O)OCC1c3ccccc3-c3ccccc31)c1ccc(OCC(=O)O)cc1CC2. The van der Waals surface area contributed by atoms with Crippen molar-refractivity contribution in [2.45, 2.75) is 24.8 Å². The molecule has 8 heteroatoms. The second-order valence-electron chi connectivity index (χ2n) is 10.3. The molecule has 0 heterocycles. The van der Waals surface area contributed by atoms with E-state index in [1.807, 2.05) is 42.5 Å². The third-order valence-electron chi connectivity index (χ3n) is 8.00. The van der Waals surface area contributed by atoms with E-state index in [9.17, 15) is 9.59 Å². The highest BCUT2D eigenvalue weighted by molar-refractivity contribution is 5.79. The highest BCUT2D eigenvalue weighted by atomic mass is 16.5. The second kappa shape index (κ2) is 11.5. The molecule has 2 N–H and O–H groups in total. The second-order valence-corrected chi connectivity index (χ2v) is 10.3. The quantitative estimate of drug-likeness (QED) is 0.274. The van der Waals surface area contributed by atoms with E-state index < -0.39 is 24.7 Å². The Balaban J connectivity index is 1.31. The van der Waals surface area contributed by atoms with Gasteiger partial charge in [0.25, 0.3) is 0 Å². The van der Waals surface area contributed by atoms with Gasteiger partial charge in [-0.2, -0.15) is 0 Å². The van der Waals surface area contributed by atoms with Gasteiger partial charge in [-0.3, -0.25) is 0 Å². The van der Waals surface area contributed by atoms with Gasteiger partial charge in [-0.25, -0.2) is 9.59 Å². The highest BCUT2D eigenvalue weighted by Gasteiger charge is 2.32. The molecular formula is C34H31NO7. The maximum atomic E-state index is 13.5. The summed E-state index contributed by atoms with van der Waals surface area (Å²) in [6, 6.07) is 25.0. The largest absolute Gasteiger partial charge is 0.497 e. The van der Waals surface area contributed by atoms with Crippen LogP contribution in [0.3, 0.4) is 0 Å². The van der Waals surface area contributed by atoms with Crippen LogP contribution in [0.1, 0.15) is 45.3 Å². The minimum Gasteiger partial charge on any atom is -0.497 e. The molecule has 0 bridgehead atoms. The van der Waals surface area contributed by atoms with Crippen molar-refractivity contribution in [2.24, 2.45) is 0 Å². The van der Waals surface area contributed by atoms with Crippen LogP contribution in [0.5, 0.6) is 17.2 Å². The lowest BCUT2D eigenvalue weighted by molar-refractivity contribution is -0.139. The third kappa shape index (κ3) is 5.11. The lowest BCUT2D eigenvalue weighted by Crippen LogP contribution is -2.32. The van der Waals surface area contributed by atoms with Crippen LogP contribution >= 0.6 is 0 Å². The van der Waals surface area contributed by atoms with Gasteiger partial charge in [0, 0.05) is 17.5 Å². The molecule has 4 aromatic rings. The molecule has 42 heavy (non-hydrogen) atoms. The topological polar surface area (TPSA) is 103 Å². The average Bonchev–Trinajstić information content (AvgIpc) is 3.25. The minimum atomic E-state index is -1.05. The van der Waals surface area contributed by atoms with Crippen LogP contribution < -0.4 is 19.5 Å². The number of carbonyl (C=O) groups is 2. The molecule has 214 valence electrons. The lowest BCUT2D eigenvalue weighted by Gasteiger charge is -2.25. The van der Waals surface area contributed by atoms with Crippen LogP contribution in [0.2, 0.25) is 0 Å². The number of ether oxygens (including phenoxy) is 4. The summed E-state index contributed by atoms with van der Waals surface area (Å²) in [5, 5.41) is 12.2. The first-order valence-electron chi connectivity index (χ1n) is 13.8. The number of carboxylic acid groups (broad SMARTS) is 1. The van der Waals surface area contributed by atoms with Gasteiger partial charge in [-0.15, -0.1) is 0 Å². The van der Waals surface area contributed by atoms with Crippen molar-refractivity contribution in [3.63, 3.8) is 0 Å². The molecule has 0 saturated heterocycles. The Kier molecular flexibility index (Phi) is 7.44. The molecule has 4 aromatic carbocycles. The molecule has 1 atom stereocenters. The predicted octanol–water partition coefficient (Wildman–Crippen LogP) is 5.89. The molecule has 1 amide bonds. The maximum Gasteiger partial charge on any atom is 0.407 e. The van der Waals surface area contributed by atoms with E-state index in [2.05, 4.69) is 29.6 Å². The van der Waals surface area contributed by atoms with Crippen molar-refractivity contribution in [3.05, 3.63) is 112 Å². The summed E-state index contributed by atoms with van der Waals surface area (Å²) in [5.41, 5.74) is 8.18. The summed E-state index contributed by atoms with van der Waals surface area (Å²) in [5.74, 6) is 0.578. The van der Waals surface area contributed by atoms with E-state index in [0.29, 0.717) is 30.1 Å². The first-order chi connectivity index (χ1) is 20.5. The first kappa shape index (κ1) is 27.2. The number of hydrogen-bond donors (Lipinski definition) is 2. The Hall–Kier alpha value is -4.98. The summed E-state index contributed by atoms with van der Waals surface area (Å²) in [4.78, 5) is 24.6. The lowest BCUT2D eigenvalue weighted by atomic mass is 9.93. The molecule has 0 spiro atoms. The number of aryl methyl sites for hydroxylation is 2. The molecule has 2 aliphatic carbocycles. The van der Waals surface area contributed by atoms with Crippen LogP contribution in [0.25, 0.3) is 11.1 Å². The molecule has 6 rings (SSSR count). The molecule has 0 unspecified atom stereocenters. The zero-order chi connectivity index (χ0) is 29.2. The molecule has 8 nitrogen and oxygen atoms in total. The number of carboxylic acids is 1. The van der Waals surface area contributed by atoms with E-state index in [-0.39, 0.29) is 12.5 Å². The van der Waals surface area contributed by atoms with Crippen molar-refractivity contribution < 1.29 is 33.6 Å². The predicted molar refractivity (Wildman–Crippen MR) is 157 cm³/mol. The summed E-state index contributed by atoms with van der Waals surface area (Å²) >= 11 is 0. The standard InChI is InChI=1S/C34H31NO7/c1-39-23-16-21-12-11-20-15-22(41-19-31(36)37)13-14-24(20)33(32(21)30(17-23)40-2)35-34(38)42-18-29-27-9-5-3-7-25(27)26-8-4-6-10-28(26)29/h3-10,13-17,29,33H,11-12,18-19H2,1-2H3,(H,35,38)(H,36,37)/t33-/m0/s1. The zero-order valence-corrected chi connectivity index (χ0v) is 23.4. The number of nitrogens with one attached hydrogen (secondary N) is 1. The molecule has 0 radical (unpaired) electrons. The summed E-state index contributed by atoms with van der Waals surface area (Å²) in [6.07, 6.45) is 0.747. The maximum absolute atomic E-state index is 13.5. The molecule has 0 fully saturated rings. The van der Waals surface area contributed by atoms with Gasteiger partial charge >= 0.3 is 12.1 Å². The number of rotatable bonds is 8. The molecule has 0 saturated carbocycles. The Bertz CT molecular complexity index is 1620. The van der Waals surface area contributed by atoms with E-state index in [1.54, 1.807) is 26.4 Å². The van der Waals surface area contributed by atoms with Gasteiger partial charge in [-0.1, -0.05) is 54.6 Å². The van der Waals surface area contributed by atoms with Gasteiger partial charge in [0.15, 0.2) is 6.61 Å². The van der Waals surface area contributed by atoms with Gasteiger partial charge in [0.1, 0.15) is 23.9 Å². The molecule has 0 aliphatic heterocycles. The van der Waals surface area contributed by atoms with Crippen LogP contribution in [-0.4, -0.2) is 44.6 Å². The Morgan fingerprint density at radius 2 is 1.48 bits per heavy atom. The van der Waals surface area contributed by atoms with Crippen LogP contribution in [0.15, 0.2) is 78.9 Å². The number of fused-ring (bicyclic) bond motifs is 5. The Morgan fingerprint density at radius 3 is 2.14 bits per heavy atom. The summed E-state index contributed by atoms with van der Waals surface area (Å²) in [7, 11) is 3.19. The van der Waals surface area contributed by atoms with E-state index in [0.717, 1.165) is 44.5 Å². The highest BCUT2D eigenvalue weighted by Crippen LogP contribution is 2.45. The molecule has 0 aromatic heterocycles. The number of carbonyl (C=O) groups excluding carboxylic acids is 1. The zero-order valence-electron chi connectivity index (χ0n) is 23.4. The van der Waals surface area contributed by atoms with Crippen molar-refractivity contribution >= 4 is 12.1 Å². The molecule has 2 aliphatic rings. The van der Waals surface area contributed by atoms with E-state index in [4.69, 9.17) is 24.1 Å². The fourth-order valence-corrected chi connectivity index (χ4v) is 6.13. The summed E-state index contributed by atoms with van der Waals surface area (Å²) < 4.78 is 22.7. The van der Waals surface area contributed by atoms with Crippen molar-refractivity contribution in [1.29, 1.82) is 0 Å². The van der Waals surface area contributed by atoms with Gasteiger partial charge < -0.3 is 29.4 Å². The Morgan fingerprint density at radius 1 is 0.810 bits per heavy atom. The third-order valence-corrected chi connectivity index (χ3v) is 8.00. The number of hydrogen-bond acceptors (Lipinski definition) is 6. The van der Waals surface area contributed by atoms with Gasteiger partial charge in [0.2, 0.25) is 0 Å². The minimum absolute atomic E-state index is 0.0652. The summed E-state index contributed by atoms with van der Waals surface area (Å²) in [6.45, 7) is -0.251. The van der Waals surface area contributed by atoms with Crippen molar-refractivity contribution in [2.75, 3.05) is 27.4 Å². The fraction of sp³-hybridized carbons (Fsp3) is 0.235. The fourth-order valence-electron chi connectivity index (χ4n) is 6.13. The number of amides is 1. The Labute approximate surface area is 243 Å². The average molecular weight is 566 g/mol. The van der Waals surface area contributed by atoms with E-state index >= 15 is 0 Å². The van der Waals surface area contributed by atoms with Crippen molar-refractivity contribution in [3.8, 4) is 28.4 Å². The van der Waals surface area contributed by atoms with Crippen LogP contribution in [0, 0.1) is 0 Å². The number of benzene rings is 4. The van der Waals surface area contributed by atoms with Crippen LogP contribution in [-0.2, 0) is 22.4 Å². The number of alkyl carbamates (subject to hydrolysis) is 1. The normalized spacial score (nSPS) is 14.9. The first-order valence-corrected chi connectivity index (χ1v) is 13.8. The number of methoxy groups -OCH3 is 2. The number of aliphatic carboxylic acids is 1. The van der Waals surface area contributed by atoms with E-state index in [1.165, 1.54) is 0 Å². The van der Waals surface area contributed by atoms with Gasteiger partial charge in [-0.05, 0) is 70.0 Å². The molecular weight excluding hydrogens is 534 g/mol. The van der Waals surface area contributed by atoms with Crippen molar-refractivity contribution in [1.82, 2.24) is 5.32 Å². The van der Waals surface area contributed by atoms with Gasteiger partial charge in [0.05, 0.1) is 20.3 Å². The van der Waals surface area contributed by atoms with Crippen LogP contribution in [0.4, 0.5) is 4.79 Å². The smallest absolute Gasteiger partial charge is 0.407 e.